The zero-order valence-corrected chi connectivity index (χ0v) is 16.7. The van der Waals surface area contributed by atoms with Crippen LogP contribution in [0.2, 0.25) is 0 Å². The van der Waals surface area contributed by atoms with Crippen LogP contribution < -0.4 is 10.9 Å². The van der Waals surface area contributed by atoms with Gasteiger partial charge in [0.2, 0.25) is 0 Å². The molecule has 0 radical (unpaired) electrons. The lowest BCUT2D eigenvalue weighted by atomic mass is 10.1. The highest BCUT2D eigenvalue weighted by molar-refractivity contribution is 9.10. The van der Waals surface area contributed by atoms with Crippen molar-refractivity contribution in [2.75, 3.05) is 0 Å². The van der Waals surface area contributed by atoms with E-state index in [1.165, 1.54) is 0 Å². The Morgan fingerprint density at radius 3 is 2.82 bits per heavy atom. The van der Waals surface area contributed by atoms with E-state index in [1.54, 1.807) is 12.1 Å². The van der Waals surface area contributed by atoms with Crippen LogP contribution in [0.25, 0.3) is 16.9 Å². The van der Waals surface area contributed by atoms with Crippen molar-refractivity contribution >= 4 is 27.5 Å². The minimum absolute atomic E-state index is 0.0721. The third-order valence-corrected chi connectivity index (χ3v) is 4.85. The van der Waals surface area contributed by atoms with Crippen LogP contribution in [-0.2, 0) is 6.54 Å². The second-order valence-corrected chi connectivity index (χ2v) is 7.43. The topological polar surface area (TPSA) is 79.3 Å². The Kier molecular flexibility index (Phi) is 4.83. The zero-order chi connectivity index (χ0) is 19.7. The van der Waals surface area contributed by atoms with Crippen LogP contribution in [-0.4, -0.2) is 20.3 Å². The van der Waals surface area contributed by atoms with Gasteiger partial charge in [-0.2, -0.15) is 0 Å². The number of H-pyrrole nitrogens is 1. The van der Waals surface area contributed by atoms with Crippen molar-refractivity contribution in [1.82, 2.24) is 19.7 Å². The third-order valence-electron chi connectivity index (χ3n) is 4.38. The summed E-state index contributed by atoms with van der Waals surface area (Å²) >= 11 is 3.41. The molecule has 0 saturated carbocycles. The molecular formula is C21H17BrN4O2. The van der Waals surface area contributed by atoms with Crippen LogP contribution in [0.4, 0.5) is 0 Å². The number of benzene rings is 1. The van der Waals surface area contributed by atoms with Gasteiger partial charge in [-0.1, -0.05) is 23.8 Å². The fourth-order valence-corrected chi connectivity index (χ4v) is 3.35. The molecule has 1 aromatic carbocycles. The fourth-order valence-electron chi connectivity index (χ4n) is 3.00. The molecule has 3 aromatic heterocycles. The number of aromatic nitrogens is 3. The number of hydrogen-bond acceptors (Lipinski definition) is 3. The van der Waals surface area contributed by atoms with Crippen LogP contribution in [0.15, 0.2) is 70.2 Å². The number of hydrogen-bond donors (Lipinski definition) is 2. The average Bonchev–Trinajstić information content (AvgIpc) is 3.08. The van der Waals surface area contributed by atoms with E-state index in [1.807, 2.05) is 60.1 Å². The third kappa shape index (κ3) is 3.75. The number of pyridine rings is 2. The first-order chi connectivity index (χ1) is 13.5. The molecule has 0 atom stereocenters. The summed E-state index contributed by atoms with van der Waals surface area (Å²) in [6.07, 6.45) is 3.73. The van der Waals surface area contributed by atoms with Gasteiger partial charge in [-0.05, 0) is 58.7 Å². The van der Waals surface area contributed by atoms with Gasteiger partial charge in [0.05, 0.1) is 12.2 Å². The summed E-state index contributed by atoms with van der Waals surface area (Å²) in [5, 5.41) is 2.75. The van der Waals surface area contributed by atoms with E-state index in [0.717, 1.165) is 21.2 Å². The smallest absolute Gasteiger partial charge is 0.261 e. The summed E-state index contributed by atoms with van der Waals surface area (Å²) in [5.74, 6) is -0.435. The molecule has 0 spiro atoms. The van der Waals surface area contributed by atoms with Gasteiger partial charge < -0.3 is 14.7 Å². The lowest BCUT2D eigenvalue weighted by Crippen LogP contribution is -2.29. The van der Waals surface area contributed by atoms with E-state index >= 15 is 0 Å². The van der Waals surface area contributed by atoms with Crippen LogP contribution >= 0.6 is 15.9 Å². The highest BCUT2D eigenvalue weighted by Crippen LogP contribution is 2.17. The Morgan fingerprint density at radius 1 is 1.18 bits per heavy atom. The van der Waals surface area contributed by atoms with Crippen LogP contribution in [0.3, 0.4) is 0 Å². The molecule has 28 heavy (non-hydrogen) atoms. The molecule has 0 fully saturated rings. The van der Waals surface area contributed by atoms with Crippen molar-refractivity contribution in [2.45, 2.75) is 13.5 Å². The number of carbonyl (C=O) groups is 1. The molecule has 0 aliphatic carbocycles. The number of aryl methyl sites for hydroxylation is 1. The van der Waals surface area contributed by atoms with Gasteiger partial charge in [0.1, 0.15) is 11.2 Å². The predicted molar refractivity (Wildman–Crippen MR) is 111 cm³/mol. The monoisotopic (exact) mass is 436 g/mol. The molecule has 4 aromatic rings. The maximum atomic E-state index is 12.4. The number of rotatable bonds is 4. The zero-order valence-electron chi connectivity index (χ0n) is 15.1. The van der Waals surface area contributed by atoms with Crippen molar-refractivity contribution in [3.8, 4) is 11.3 Å². The summed E-state index contributed by atoms with van der Waals surface area (Å²) < 4.78 is 2.81. The SMILES string of the molecule is Cc1cccc(-c2ccc(C(=O)NCc3cn4cc(Br)ccc4n3)c(=O)[nH]2)c1. The maximum absolute atomic E-state index is 12.4. The second-order valence-electron chi connectivity index (χ2n) is 6.51. The molecule has 1 amide bonds. The Hall–Kier alpha value is -3.19. The quantitative estimate of drug-likeness (QED) is 0.511. The molecule has 0 saturated heterocycles. The maximum Gasteiger partial charge on any atom is 0.261 e. The first-order valence-corrected chi connectivity index (χ1v) is 9.50. The van der Waals surface area contributed by atoms with Crippen LogP contribution in [0.5, 0.6) is 0 Å². The Morgan fingerprint density at radius 2 is 2.04 bits per heavy atom. The van der Waals surface area contributed by atoms with Crippen LogP contribution in [0.1, 0.15) is 21.6 Å². The first kappa shape index (κ1) is 18.2. The highest BCUT2D eigenvalue weighted by Gasteiger charge is 2.12. The number of imidazole rings is 1. The van der Waals surface area contributed by atoms with Crippen LogP contribution in [0, 0.1) is 6.92 Å². The number of nitrogens with one attached hydrogen (secondary N) is 2. The van der Waals surface area contributed by atoms with E-state index in [0.29, 0.717) is 11.4 Å². The van der Waals surface area contributed by atoms with Gasteiger partial charge in [-0.3, -0.25) is 9.59 Å². The van der Waals surface area contributed by atoms with Gasteiger partial charge >= 0.3 is 0 Å². The minimum atomic E-state index is -0.435. The number of carbonyl (C=O) groups excluding carboxylic acids is 1. The Bertz CT molecular complexity index is 1240. The van der Waals surface area contributed by atoms with E-state index < -0.39 is 11.5 Å². The highest BCUT2D eigenvalue weighted by atomic mass is 79.9. The number of halogens is 1. The second kappa shape index (κ2) is 7.44. The molecule has 6 nitrogen and oxygen atoms in total. The summed E-state index contributed by atoms with van der Waals surface area (Å²) in [7, 11) is 0. The normalized spacial score (nSPS) is 10.9. The van der Waals surface area contributed by atoms with E-state index in [4.69, 9.17) is 0 Å². The number of fused-ring (bicyclic) bond motifs is 1. The van der Waals surface area contributed by atoms with Crippen molar-refractivity contribution < 1.29 is 4.79 Å². The molecule has 7 heteroatoms. The van der Waals surface area contributed by atoms with Crippen molar-refractivity contribution in [3.05, 3.63) is 92.6 Å². The molecule has 0 aliphatic rings. The predicted octanol–water partition coefficient (Wildman–Crippen LogP) is 3.69. The van der Waals surface area contributed by atoms with Crippen molar-refractivity contribution in [2.24, 2.45) is 0 Å². The molecular weight excluding hydrogens is 420 g/mol. The Labute approximate surface area is 169 Å². The number of aromatic amines is 1. The Balaban J connectivity index is 1.50. The summed E-state index contributed by atoms with van der Waals surface area (Å²) in [6.45, 7) is 2.22. The standard InChI is InChI=1S/C21H17BrN4O2/c1-13-3-2-4-14(9-13)18-7-6-17(21(28)25-18)20(27)23-10-16-12-26-11-15(22)5-8-19(26)24-16/h2-9,11-12H,10H2,1H3,(H,23,27)(H,25,28). The molecule has 2 N–H and O–H groups in total. The number of amides is 1. The fraction of sp³-hybridized carbons (Fsp3) is 0.0952. The van der Waals surface area contributed by atoms with E-state index in [2.05, 4.69) is 31.2 Å². The van der Waals surface area contributed by atoms with Gasteiger partial charge in [0.15, 0.2) is 0 Å². The van der Waals surface area contributed by atoms with E-state index in [-0.39, 0.29) is 12.1 Å². The first-order valence-electron chi connectivity index (χ1n) is 8.71. The van der Waals surface area contributed by atoms with Crippen molar-refractivity contribution in [1.29, 1.82) is 0 Å². The minimum Gasteiger partial charge on any atom is -0.346 e. The summed E-state index contributed by atoms with van der Waals surface area (Å²) in [4.78, 5) is 32.1. The van der Waals surface area contributed by atoms with Gasteiger partial charge in [0, 0.05) is 22.6 Å². The molecule has 140 valence electrons. The van der Waals surface area contributed by atoms with Gasteiger partial charge in [-0.15, -0.1) is 0 Å². The molecule has 0 unspecified atom stereocenters. The van der Waals surface area contributed by atoms with E-state index in [9.17, 15) is 9.59 Å². The van der Waals surface area contributed by atoms with Gasteiger partial charge in [-0.25, -0.2) is 4.98 Å². The average molecular weight is 437 g/mol. The molecule has 0 aliphatic heterocycles. The lowest BCUT2D eigenvalue weighted by molar-refractivity contribution is 0.0949. The molecule has 0 bridgehead atoms. The molecule has 3 heterocycles. The van der Waals surface area contributed by atoms with Gasteiger partial charge in [0.25, 0.3) is 11.5 Å². The number of nitrogens with zero attached hydrogens (tertiary/aromatic N) is 2. The largest absolute Gasteiger partial charge is 0.346 e. The summed E-state index contributed by atoms with van der Waals surface area (Å²) in [6, 6.07) is 14.9. The lowest BCUT2D eigenvalue weighted by Gasteiger charge is -2.06. The molecule has 4 rings (SSSR count). The summed E-state index contributed by atoms with van der Waals surface area (Å²) in [5.41, 5.74) is 3.82. The van der Waals surface area contributed by atoms with Crippen molar-refractivity contribution in [3.63, 3.8) is 0 Å².